The van der Waals surface area contributed by atoms with Gasteiger partial charge in [-0.2, -0.15) is 0 Å². The molecule has 1 fully saturated rings. The highest BCUT2D eigenvalue weighted by Crippen LogP contribution is 2.28. The van der Waals surface area contributed by atoms with Gasteiger partial charge in [-0.05, 0) is 46.7 Å². The smallest absolute Gasteiger partial charge is 0.214 e. The minimum atomic E-state index is 0. The summed E-state index contributed by atoms with van der Waals surface area (Å²) in [5, 5.41) is 6.76. The number of nitrogens with zero attached hydrogens (tertiary/aromatic N) is 3. The van der Waals surface area contributed by atoms with Crippen molar-refractivity contribution in [2.24, 2.45) is 10.9 Å². The van der Waals surface area contributed by atoms with Gasteiger partial charge in [-0.25, -0.2) is 4.98 Å². The van der Waals surface area contributed by atoms with Crippen molar-refractivity contribution in [2.75, 3.05) is 27.7 Å². The number of likely N-dealkylation sites (N-methyl/N-ethyl adjacent to an activating group) is 1. The number of hydrogen-bond donors (Lipinski definition) is 2. The quantitative estimate of drug-likeness (QED) is 0.386. The number of aromatic nitrogens is 1. The van der Waals surface area contributed by atoms with Crippen LogP contribution in [0.15, 0.2) is 9.41 Å². The zero-order chi connectivity index (χ0) is 17.5. The molecule has 1 aromatic rings. The molecule has 25 heavy (non-hydrogen) atoms. The molecular weight excluding hydrogens is 429 g/mol. The topological polar surface area (TPSA) is 65.7 Å². The summed E-state index contributed by atoms with van der Waals surface area (Å²) in [6.07, 6.45) is 6.80. The zero-order valence-electron chi connectivity index (χ0n) is 16.3. The first-order valence-electron chi connectivity index (χ1n) is 9.05. The Morgan fingerprint density at radius 1 is 1.24 bits per heavy atom. The van der Waals surface area contributed by atoms with Gasteiger partial charge in [-0.3, -0.25) is 4.99 Å². The summed E-state index contributed by atoms with van der Waals surface area (Å²) in [5.74, 6) is 3.15. The fourth-order valence-corrected chi connectivity index (χ4v) is 3.49. The van der Waals surface area contributed by atoms with Gasteiger partial charge < -0.3 is 20.0 Å². The van der Waals surface area contributed by atoms with Crippen LogP contribution in [0.5, 0.6) is 0 Å². The fourth-order valence-electron chi connectivity index (χ4n) is 3.49. The third kappa shape index (κ3) is 6.77. The molecule has 1 unspecified atom stereocenters. The number of guanidine groups is 1. The van der Waals surface area contributed by atoms with Crippen LogP contribution in [0, 0.1) is 19.8 Å². The van der Waals surface area contributed by atoms with Crippen molar-refractivity contribution >= 4 is 29.9 Å². The highest BCUT2D eigenvalue weighted by molar-refractivity contribution is 14.0. The molecule has 1 saturated carbocycles. The minimum Gasteiger partial charge on any atom is -0.444 e. The molecule has 2 rings (SSSR count). The molecule has 1 aromatic heterocycles. The lowest BCUT2D eigenvalue weighted by molar-refractivity contribution is 0.171. The van der Waals surface area contributed by atoms with Crippen molar-refractivity contribution in [1.29, 1.82) is 0 Å². The van der Waals surface area contributed by atoms with Crippen LogP contribution in [-0.2, 0) is 6.54 Å². The lowest BCUT2D eigenvalue weighted by Gasteiger charge is -2.35. The second kappa shape index (κ2) is 11.0. The van der Waals surface area contributed by atoms with Crippen LogP contribution in [0.25, 0.3) is 0 Å². The Labute approximate surface area is 169 Å². The van der Waals surface area contributed by atoms with Gasteiger partial charge in [0, 0.05) is 19.6 Å². The van der Waals surface area contributed by atoms with Crippen LogP contribution >= 0.6 is 24.0 Å². The summed E-state index contributed by atoms with van der Waals surface area (Å²) in [5.41, 5.74) is 0.944. The van der Waals surface area contributed by atoms with E-state index in [0.29, 0.717) is 18.5 Å². The maximum absolute atomic E-state index is 5.60. The van der Waals surface area contributed by atoms with Crippen LogP contribution in [-0.4, -0.2) is 49.6 Å². The molecule has 6 nitrogen and oxygen atoms in total. The lowest BCUT2D eigenvalue weighted by atomic mass is 9.83. The van der Waals surface area contributed by atoms with Gasteiger partial charge in [0.2, 0.25) is 5.89 Å². The molecule has 0 radical (unpaired) electrons. The number of rotatable bonds is 6. The Kier molecular flexibility index (Phi) is 9.78. The highest BCUT2D eigenvalue weighted by atomic mass is 127. The molecule has 1 heterocycles. The van der Waals surface area contributed by atoms with E-state index in [2.05, 4.69) is 39.6 Å². The normalized spacial score (nSPS) is 17.3. The van der Waals surface area contributed by atoms with Crippen molar-refractivity contribution < 1.29 is 4.42 Å². The summed E-state index contributed by atoms with van der Waals surface area (Å²) < 4.78 is 5.60. The summed E-state index contributed by atoms with van der Waals surface area (Å²) in [4.78, 5) is 11.1. The Hall–Kier alpha value is -0.830. The average molecular weight is 463 g/mol. The van der Waals surface area contributed by atoms with E-state index in [1.54, 1.807) is 7.05 Å². The maximum atomic E-state index is 5.60. The van der Waals surface area contributed by atoms with E-state index in [9.17, 15) is 0 Å². The van der Waals surface area contributed by atoms with E-state index in [4.69, 9.17) is 4.42 Å². The van der Waals surface area contributed by atoms with E-state index in [1.807, 2.05) is 13.8 Å². The molecular formula is C18H34IN5O. The molecule has 0 aromatic carbocycles. The van der Waals surface area contributed by atoms with E-state index >= 15 is 0 Å². The number of hydrogen-bond acceptors (Lipinski definition) is 4. The Balaban J connectivity index is 0.00000312. The number of halogens is 1. The predicted molar refractivity (Wildman–Crippen MR) is 114 cm³/mol. The highest BCUT2D eigenvalue weighted by Gasteiger charge is 2.25. The summed E-state index contributed by atoms with van der Waals surface area (Å²) in [6.45, 7) is 5.34. The number of aryl methyl sites for hydroxylation is 2. The minimum absolute atomic E-state index is 0. The molecule has 0 spiro atoms. The lowest BCUT2D eigenvalue weighted by Crippen LogP contribution is -2.48. The largest absolute Gasteiger partial charge is 0.444 e. The van der Waals surface area contributed by atoms with Gasteiger partial charge in [0.1, 0.15) is 5.76 Å². The monoisotopic (exact) mass is 463 g/mol. The van der Waals surface area contributed by atoms with Crippen molar-refractivity contribution in [3.05, 3.63) is 17.3 Å². The van der Waals surface area contributed by atoms with Crippen molar-refractivity contribution in [3.63, 3.8) is 0 Å². The molecule has 0 bridgehead atoms. The second-order valence-corrected chi connectivity index (χ2v) is 6.98. The first kappa shape index (κ1) is 22.2. The number of oxazole rings is 1. The van der Waals surface area contributed by atoms with Gasteiger partial charge in [0.25, 0.3) is 0 Å². The standard InChI is InChI=1S/C18H33N5O.HI/c1-13-14(2)24-17(22-13)12-21-18(19-3)20-11-16(23(4)5)15-9-7-6-8-10-15;/h15-16H,6-12H2,1-5H3,(H2,19,20,21);1H. The molecule has 144 valence electrons. The SMILES string of the molecule is CN=C(NCc1nc(C)c(C)o1)NCC(C1CCCCC1)N(C)C.I. The number of aliphatic imine (C=N–C) groups is 1. The molecule has 2 N–H and O–H groups in total. The van der Waals surface area contributed by atoms with Crippen molar-refractivity contribution in [3.8, 4) is 0 Å². The first-order valence-corrected chi connectivity index (χ1v) is 9.05. The second-order valence-electron chi connectivity index (χ2n) is 6.98. The fraction of sp³-hybridized carbons (Fsp3) is 0.778. The van der Waals surface area contributed by atoms with E-state index in [1.165, 1.54) is 32.1 Å². The average Bonchev–Trinajstić information content (AvgIpc) is 2.89. The molecule has 7 heteroatoms. The molecule has 0 saturated heterocycles. The molecule has 1 aliphatic carbocycles. The van der Waals surface area contributed by atoms with Crippen molar-refractivity contribution in [2.45, 2.75) is 58.5 Å². The Morgan fingerprint density at radius 3 is 2.44 bits per heavy atom. The van der Waals surface area contributed by atoms with Gasteiger partial charge in [-0.15, -0.1) is 24.0 Å². The Morgan fingerprint density at radius 2 is 1.92 bits per heavy atom. The third-order valence-corrected chi connectivity index (χ3v) is 5.04. The third-order valence-electron chi connectivity index (χ3n) is 5.04. The van der Waals surface area contributed by atoms with Crippen LogP contribution in [0.1, 0.15) is 49.4 Å². The van der Waals surface area contributed by atoms with Crippen LogP contribution in [0.4, 0.5) is 0 Å². The molecule has 1 aliphatic rings. The van der Waals surface area contributed by atoms with Crippen LogP contribution in [0.3, 0.4) is 0 Å². The van der Waals surface area contributed by atoms with Gasteiger partial charge in [-0.1, -0.05) is 19.3 Å². The van der Waals surface area contributed by atoms with Crippen molar-refractivity contribution in [1.82, 2.24) is 20.5 Å². The van der Waals surface area contributed by atoms with E-state index < -0.39 is 0 Å². The zero-order valence-corrected chi connectivity index (χ0v) is 18.6. The maximum Gasteiger partial charge on any atom is 0.214 e. The van der Waals surface area contributed by atoms with Gasteiger partial charge in [0.05, 0.1) is 12.2 Å². The molecule has 0 aliphatic heterocycles. The van der Waals surface area contributed by atoms with E-state index in [0.717, 1.165) is 29.9 Å². The summed E-state index contributed by atoms with van der Waals surface area (Å²) in [6, 6.07) is 0.537. The van der Waals surface area contributed by atoms with Gasteiger partial charge >= 0.3 is 0 Å². The van der Waals surface area contributed by atoms with Crippen LogP contribution in [0.2, 0.25) is 0 Å². The Bertz CT molecular complexity index is 518. The molecule has 0 amide bonds. The summed E-state index contributed by atoms with van der Waals surface area (Å²) in [7, 11) is 6.15. The predicted octanol–water partition coefficient (Wildman–Crippen LogP) is 3.08. The van der Waals surface area contributed by atoms with E-state index in [-0.39, 0.29) is 24.0 Å². The van der Waals surface area contributed by atoms with Gasteiger partial charge in [0.15, 0.2) is 5.96 Å². The summed E-state index contributed by atoms with van der Waals surface area (Å²) >= 11 is 0. The number of nitrogens with one attached hydrogen (secondary N) is 2. The molecule has 1 atom stereocenters. The first-order chi connectivity index (χ1) is 11.5. The van der Waals surface area contributed by atoms with Crippen LogP contribution < -0.4 is 10.6 Å².